The molecule has 2 rings (SSSR count). The standard InChI is InChI=1S/C14H10Cl2F3NO3S/c1-23-13-3-2-10(7-12(13)14(17,18)19)20-24(21,22)11-5-8(15)4-9(16)6-11/h2-7,20H,1H3. The van der Waals surface area contributed by atoms with Crippen LogP contribution in [0.2, 0.25) is 10.0 Å². The van der Waals surface area contributed by atoms with Gasteiger partial charge in [0.1, 0.15) is 5.75 Å². The molecule has 4 nitrogen and oxygen atoms in total. The second-order valence-corrected chi connectivity index (χ2v) is 7.18. The smallest absolute Gasteiger partial charge is 0.420 e. The number of hydrogen-bond acceptors (Lipinski definition) is 3. The van der Waals surface area contributed by atoms with E-state index in [1.165, 1.54) is 6.07 Å². The lowest BCUT2D eigenvalue weighted by atomic mass is 10.1. The van der Waals surface area contributed by atoms with E-state index in [0.717, 1.165) is 31.4 Å². The lowest BCUT2D eigenvalue weighted by molar-refractivity contribution is -0.138. The highest BCUT2D eigenvalue weighted by atomic mass is 35.5. The fourth-order valence-corrected chi connectivity index (χ4v) is 3.67. The first-order chi connectivity index (χ1) is 11.0. The first kappa shape index (κ1) is 18.7. The maximum absolute atomic E-state index is 13.0. The quantitative estimate of drug-likeness (QED) is 0.801. The molecule has 2 aromatic rings. The molecule has 0 saturated heterocycles. The lowest BCUT2D eigenvalue weighted by Gasteiger charge is -2.14. The molecule has 0 heterocycles. The van der Waals surface area contributed by atoms with E-state index >= 15 is 0 Å². The van der Waals surface area contributed by atoms with Gasteiger partial charge in [-0.15, -0.1) is 0 Å². The van der Waals surface area contributed by atoms with Crippen LogP contribution in [-0.4, -0.2) is 15.5 Å². The van der Waals surface area contributed by atoms with Gasteiger partial charge in [0.25, 0.3) is 10.0 Å². The summed E-state index contributed by atoms with van der Waals surface area (Å²) in [5, 5.41) is 0.155. The summed E-state index contributed by atoms with van der Waals surface area (Å²) >= 11 is 11.5. The predicted molar refractivity (Wildman–Crippen MR) is 85.3 cm³/mol. The summed E-state index contributed by atoms with van der Waals surface area (Å²) in [6.45, 7) is 0. The highest BCUT2D eigenvalue weighted by Crippen LogP contribution is 2.38. The molecule has 0 bridgehead atoms. The van der Waals surface area contributed by atoms with Crippen LogP contribution in [0.15, 0.2) is 41.3 Å². The van der Waals surface area contributed by atoms with E-state index in [2.05, 4.69) is 9.46 Å². The Balaban J connectivity index is 2.43. The molecule has 0 aliphatic carbocycles. The van der Waals surface area contributed by atoms with Crippen LogP contribution in [0.3, 0.4) is 0 Å². The van der Waals surface area contributed by atoms with Crippen LogP contribution in [-0.2, 0) is 16.2 Å². The second kappa shape index (κ2) is 6.70. The summed E-state index contributed by atoms with van der Waals surface area (Å²) < 4.78 is 70.2. The Morgan fingerprint density at radius 2 is 1.62 bits per heavy atom. The molecule has 0 amide bonds. The van der Waals surface area contributed by atoms with Gasteiger partial charge >= 0.3 is 6.18 Å². The normalized spacial score (nSPS) is 12.1. The van der Waals surface area contributed by atoms with E-state index in [9.17, 15) is 21.6 Å². The maximum Gasteiger partial charge on any atom is 0.420 e. The van der Waals surface area contributed by atoms with Crippen molar-refractivity contribution in [2.45, 2.75) is 11.1 Å². The number of sulfonamides is 1. The number of anilines is 1. The molecular weight excluding hydrogens is 390 g/mol. The monoisotopic (exact) mass is 399 g/mol. The molecule has 1 N–H and O–H groups in total. The molecule has 10 heteroatoms. The molecule has 0 aliphatic rings. The largest absolute Gasteiger partial charge is 0.496 e. The first-order valence-corrected chi connectivity index (χ1v) is 8.51. The first-order valence-electron chi connectivity index (χ1n) is 6.27. The summed E-state index contributed by atoms with van der Waals surface area (Å²) in [7, 11) is -3.08. The highest BCUT2D eigenvalue weighted by molar-refractivity contribution is 7.92. The number of rotatable bonds is 4. The third kappa shape index (κ3) is 4.25. The summed E-state index contributed by atoms with van der Waals surface area (Å²) in [4.78, 5) is -0.274. The van der Waals surface area contributed by atoms with Crippen molar-refractivity contribution in [3.05, 3.63) is 52.0 Å². The fourth-order valence-electron chi connectivity index (χ4n) is 1.89. The topological polar surface area (TPSA) is 55.4 Å². The SMILES string of the molecule is COc1ccc(NS(=O)(=O)c2cc(Cl)cc(Cl)c2)cc1C(F)(F)F. The van der Waals surface area contributed by atoms with Crippen molar-refractivity contribution >= 4 is 38.9 Å². The van der Waals surface area contributed by atoms with Gasteiger partial charge in [0.15, 0.2) is 0 Å². The Bertz CT molecular complexity index is 850. The van der Waals surface area contributed by atoms with Crippen LogP contribution in [0.1, 0.15) is 5.56 Å². The van der Waals surface area contributed by atoms with Gasteiger partial charge in [-0.3, -0.25) is 4.72 Å². The number of benzene rings is 2. The summed E-state index contributed by atoms with van der Waals surface area (Å²) in [5.41, 5.74) is -1.38. The zero-order valence-corrected chi connectivity index (χ0v) is 14.3. The maximum atomic E-state index is 13.0. The van der Waals surface area contributed by atoms with Crippen LogP contribution < -0.4 is 9.46 Å². The average Bonchev–Trinajstić information content (AvgIpc) is 2.45. The van der Waals surface area contributed by atoms with Gasteiger partial charge in [-0.25, -0.2) is 8.42 Å². The van der Waals surface area contributed by atoms with Crippen molar-refractivity contribution in [3.8, 4) is 5.75 Å². The third-order valence-electron chi connectivity index (χ3n) is 2.90. The summed E-state index contributed by atoms with van der Waals surface area (Å²) in [5.74, 6) is -0.420. The van der Waals surface area contributed by atoms with Crippen LogP contribution in [0, 0.1) is 0 Å². The molecule has 0 fully saturated rings. The van der Waals surface area contributed by atoms with Gasteiger partial charge in [0.05, 0.1) is 17.6 Å². The van der Waals surface area contributed by atoms with Gasteiger partial charge < -0.3 is 4.74 Å². The predicted octanol–water partition coefficient (Wildman–Crippen LogP) is 4.82. The molecule has 2 aromatic carbocycles. The van der Waals surface area contributed by atoms with Gasteiger partial charge in [-0.1, -0.05) is 23.2 Å². The summed E-state index contributed by atoms with van der Waals surface area (Å²) in [6.07, 6.45) is -4.70. The Kier molecular flexibility index (Phi) is 5.22. The van der Waals surface area contributed by atoms with E-state index in [-0.39, 0.29) is 20.6 Å². The number of hydrogen-bond donors (Lipinski definition) is 1. The molecule has 0 radical (unpaired) electrons. The molecule has 0 aliphatic heterocycles. The number of methoxy groups -OCH3 is 1. The second-order valence-electron chi connectivity index (χ2n) is 4.62. The minimum Gasteiger partial charge on any atom is -0.496 e. The van der Waals surface area contributed by atoms with Crippen molar-refractivity contribution in [2.24, 2.45) is 0 Å². The molecule has 0 unspecified atom stereocenters. The van der Waals surface area contributed by atoms with Crippen molar-refractivity contribution in [1.82, 2.24) is 0 Å². The minimum absolute atomic E-state index is 0.0774. The lowest BCUT2D eigenvalue weighted by Crippen LogP contribution is -2.14. The average molecular weight is 400 g/mol. The molecular formula is C14H10Cl2F3NO3S. The number of nitrogens with one attached hydrogen (secondary N) is 1. The van der Waals surface area contributed by atoms with Gasteiger partial charge in [-0.2, -0.15) is 13.2 Å². The zero-order valence-electron chi connectivity index (χ0n) is 12.0. The minimum atomic E-state index is -4.70. The summed E-state index contributed by atoms with van der Waals surface area (Å²) in [6, 6.07) is 6.40. The van der Waals surface area contributed by atoms with E-state index in [4.69, 9.17) is 23.2 Å². The molecule has 0 aromatic heterocycles. The molecule has 0 spiro atoms. The third-order valence-corrected chi connectivity index (χ3v) is 4.70. The van der Waals surface area contributed by atoms with Crippen molar-refractivity contribution in [3.63, 3.8) is 0 Å². The Morgan fingerprint density at radius 1 is 1.04 bits per heavy atom. The number of halogens is 5. The van der Waals surface area contributed by atoms with Crippen LogP contribution >= 0.6 is 23.2 Å². The van der Waals surface area contributed by atoms with E-state index in [1.807, 2.05) is 0 Å². The number of ether oxygens (including phenoxy) is 1. The molecule has 0 atom stereocenters. The van der Waals surface area contributed by atoms with Crippen LogP contribution in [0.5, 0.6) is 5.75 Å². The van der Waals surface area contributed by atoms with E-state index in [1.54, 1.807) is 0 Å². The van der Waals surface area contributed by atoms with Gasteiger partial charge in [0, 0.05) is 15.7 Å². The van der Waals surface area contributed by atoms with E-state index in [0.29, 0.717) is 6.07 Å². The Hall–Kier alpha value is -1.64. The van der Waals surface area contributed by atoms with Crippen molar-refractivity contribution < 1.29 is 26.3 Å². The Labute approximate surface area is 146 Å². The Morgan fingerprint density at radius 3 is 2.12 bits per heavy atom. The van der Waals surface area contributed by atoms with Crippen LogP contribution in [0.25, 0.3) is 0 Å². The highest BCUT2D eigenvalue weighted by Gasteiger charge is 2.34. The van der Waals surface area contributed by atoms with E-state index < -0.39 is 27.5 Å². The van der Waals surface area contributed by atoms with Gasteiger partial charge in [-0.05, 0) is 36.4 Å². The van der Waals surface area contributed by atoms with Gasteiger partial charge in [0.2, 0.25) is 0 Å². The molecule has 130 valence electrons. The fraction of sp³-hybridized carbons (Fsp3) is 0.143. The molecule has 24 heavy (non-hydrogen) atoms. The molecule has 0 saturated carbocycles. The van der Waals surface area contributed by atoms with Crippen molar-refractivity contribution in [1.29, 1.82) is 0 Å². The number of alkyl halides is 3. The zero-order chi connectivity index (χ0) is 18.1. The van der Waals surface area contributed by atoms with Crippen molar-refractivity contribution in [2.75, 3.05) is 11.8 Å². The van der Waals surface area contributed by atoms with Crippen LogP contribution in [0.4, 0.5) is 18.9 Å².